The van der Waals surface area contributed by atoms with Gasteiger partial charge in [-0.2, -0.15) is 0 Å². The van der Waals surface area contributed by atoms with Crippen LogP contribution in [-0.4, -0.2) is 9.55 Å². The Morgan fingerprint density at radius 3 is 1.43 bits per heavy atom. The zero-order valence-electron chi connectivity index (χ0n) is 34.5. The van der Waals surface area contributed by atoms with E-state index in [-0.39, 0.29) is 0 Å². The molecule has 0 N–H and O–H groups in total. The molecule has 0 atom stereocenters. The van der Waals surface area contributed by atoms with E-state index in [1.807, 2.05) is 0 Å². The monoisotopic (exact) mass is 800 g/mol. The van der Waals surface area contributed by atoms with Crippen LogP contribution in [0.3, 0.4) is 0 Å². The summed E-state index contributed by atoms with van der Waals surface area (Å²) in [6.45, 7) is 0. The van der Waals surface area contributed by atoms with E-state index in [1.165, 1.54) is 71.7 Å². The molecule has 0 amide bonds. The molecule has 294 valence electrons. The second-order valence-electron chi connectivity index (χ2n) is 16.3. The predicted octanol–water partition coefficient (Wildman–Crippen LogP) is 16.5. The molecule has 2 nitrogen and oxygen atoms in total. The number of rotatable bonds is 7. The summed E-state index contributed by atoms with van der Waals surface area (Å²) in [4.78, 5) is 5.41. The molecule has 0 spiro atoms. The number of nitrogens with zero attached hydrogens (tertiary/aromatic N) is 2. The highest BCUT2D eigenvalue weighted by Crippen LogP contribution is 2.46. The van der Waals surface area contributed by atoms with E-state index < -0.39 is 0 Å². The SMILES string of the molecule is c1ccc(-c2cc(-c3ccccc3)c(-c3ccc(-c4ccc5nc(-c6ccccc6)c6ccc7c(c8ccccc8n7-c7ccccc7)c6c5c4)cc3)c(-c3ccccc3)c2)cc1. The summed E-state index contributed by atoms with van der Waals surface area (Å²) in [5, 5.41) is 5.97. The summed E-state index contributed by atoms with van der Waals surface area (Å²) in [6, 6.07) is 87.7. The van der Waals surface area contributed by atoms with Gasteiger partial charge in [-0.3, -0.25) is 0 Å². The molecule has 0 unspecified atom stereocenters. The maximum atomic E-state index is 5.41. The third-order valence-electron chi connectivity index (χ3n) is 12.6. The molecule has 63 heavy (non-hydrogen) atoms. The molecule has 2 heteroatoms. The number of hydrogen-bond acceptors (Lipinski definition) is 1. The van der Waals surface area contributed by atoms with Crippen molar-refractivity contribution in [1.82, 2.24) is 9.55 Å². The Balaban J connectivity index is 1.07. The van der Waals surface area contributed by atoms with Gasteiger partial charge >= 0.3 is 0 Å². The van der Waals surface area contributed by atoms with Crippen molar-refractivity contribution in [3.05, 3.63) is 243 Å². The highest BCUT2D eigenvalue weighted by Gasteiger charge is 2.21. The number of benzene rings is 10. The first kappa shape index (κ1) is 36.5. The second-order valence-corrected chi connectivity index (χ2v) is 16.3. The summed E-state index contributed by atoms with van der Waals surface area (Å²) in [5.74, 6) is 0. The summed E-state index contributed by atoms with van der Waals surface area (Å²) < 4.78 is 2.40. The van der Waals surface area contributed by atoms with E-state index in [1.54, 1.807) is 0 Å². The molecule has 12 aromatic rings. The quantitative estimate of drug-likeness (QED) is 0.147. The first-order valence-electron chi connectivity index (χ1n) is 21.6. The number of aromatic nitrogens is 2. The molecule has 0 fully saturated rings. The van der Waals surface area contributed by atoms with Crippen molar-refractivity contribution in [2.45, 2.75) is 0 Å². The topological polar surface area (TPSA) is 17.8 Å². The van der Waals surface area contributed by atoms with Crippen molar-refractivity contribution >= 4 is 43.5 Å². The molecule has 0 saturated carbocycles. The molecule has 2 aromatic heterocycles. The summed E-state index contributed by atoms with van der Waals surface area (Å²) in [6.07, 6.45) is 0. The highest BCUT2D eigenvalue weighted by molar-refractivity contribution is 6.29. The van der Waals surface area contributed by atoms with Crippen LogP contribution < -0.4 is 0 Å². The van der Waals surface area contributed by atoms with Crippen LogP contribution in [0.25, 0.3) is 116 Å². The summed E-state index contributed by atoms with van der Waals surface area (Å²) in [7, 11) is 0. The third-order valence-corrected chi connectivity index (χ3v) is 12.6. The van der Waals surface area contributed by atoms with Gasteiger partial charge in [-0.05, 0) is 104 Å². The molecule has 0 aliphatic carbocycles. The number of hydrogen-bond donors (Lipinski definition) is 0. The average Bonchev–Trinajstić information content (AvgIpc) is 3.71. The Labute approximate surface area is 366 Å². The zero-order valence-corrected chi connectivity index (χ0v) is 34.5. The fraction of sp³-hybridized carbons (Fsp3) is 0. The third kappa shape index (κ3) is 6.31. The lowest BCUT2D eigenvalue weighted by atomic mass is 9.84. The molecule has 0 radical (unpaired) electrons. The van der Waals surface area contributed by atoms with Crippen molar-refractivity contribution in [2.24, 2.45) is 0 Å². The molecule has 0 aliphatic heterocycles. The van der Waals surface area contributed by atoms with Gasteiger partial charge in [-0.15, -0.1) is 0 Å². The Morgan fingerprint density at radius 1 is 0.286 bits per heavy atom. The first-order valence-corrected chi connectivity index (χ1v) is 21.6. The summed E-state index contributed by atoms with van der Waals surface area (Å²) >= 11 is 0. The van der Waals surface area contributed by atoms with Crippen LogP contribution >= 0.6 is 0 Å². The van der Waals surface area contributed by atoms with Crippen LogP contribution in [0.1, 0.15) is 0 Å². The van der Waals surface area contributed by atoms with Crippen molar-refractivity contribution in [2.75, 3.05) is 0 Å². The van der Waals surface area contributed by atoms with E-state index in [0.717, 1.165) is 44.4 Å². The molecule has 12 rings (SSSR count). The first-order chi connectivity index (χ1) is 31.3. The lowest BCUT2D eigenvalue weighted by Gasteiger charge is -2.19. The van der Waals surface area contributed by atoms with Gasteiger partial charge in [0.25, 0.3) is 0 Å². The second kappa shape index (κ2) is 15.3. The van der Waals surface area contributed by atoms with Crippen molar-refractivity contribution in [3.63, 3.8) is 0 Å². The molecular formula is C61H40N2. The van der Waals surface area contributed by atoms with Crippen LogP contribution in [0.2, 0.25) is 0 Å². The van der Waals surface area contributed by atoms with Gasteiger partial charge in [0, 0.05) is 38.2 Å². The number of fused-ring (bicyclic) bond motifs is 7. The van der Waals surface area contributed by atoms with Gasteiger partial charge in [0.1, 0.15) is 0 Å². The fourth-order valence-corrected chi connectivity index (χ4v) is 9.67. The Morgan fingerprint density at radius 2 is 0.794 bits per heavy atom. The van der Waals surface area contributed by atoms with Crippen LogP contribution in [0.5, 0.6) is 0 Å². The van der Waals surface area contributed by atoms with Gasteiger partial charge in [0.15, 0.2) is 0 Å². The lowest BCUT2D eigenvalue weighted by molar-refractivity contribution is 1.18. The Bertz CT molecular complexity index is 3550. The Kier molecular flexibility index (Phi) is 8.86. The van der Waals surface area contributed by atoms with Crippen LogP contribution in [0, 0.1) is 0 Å². The smallest absolute Gasteiger partial charge is 0.0788 e. The summed E-state index contributed by atoms with van der Waals surface area (Å²) in [5.41, 5.74) is 18.5. The van der Waals surface area contributed by atoms with Crippen molar-refractivity contribution in [3.8, 4) is 72.6 Å². The molecule has 0 aliphatic rings. The largest absolute Gasteiger partial charge is 0.309 e. The van der Waals surface area contributed by atoms with Crippen molar-refractivity contribution < 1.29 is 0 Å². The van der Waals surface area contributed by atoms with Crippen LogP contribution in [-0.2, 0) is 0 Å². The molecule has 2 heterocycles. The highest BCUT2D eigenvalue weighted by atomic mass is 15.0. The minimum absolute atomic E-state index is 0.976. The van der Waals surface area contributed by atoms with Crippen LogP contribution in [0.15, 0.2) is 243 Å². The standard InChI is InChI=1S/C61H40N2/c1-6-18-41(19-7-1)48-39-52(43-20-8-2-9-21-43)58(53(40-48)44-22-10-3-11-23-44)45-32-30-42(31-33-45)47-34-36-55-54(38-47)59-51(61(62-55)46-24-12-4-13-25-46)35-37-57-60(59)50-28-16-17-29-56(50)63(57)49-26-14-5-15-27-49/h1-40H. The molecule has 0 saturated heterocycles. The van der Waals surface area contributed by atoms with Crippen molar-refractivity contribution in [1.29, 1.82) is 0 Å². The lowest BCUT2D eigenvalue weighted by Crippen LogP contribution is -1.94. The van der Waals surface area contributed by atoms with Gasteiger partial charge in [-0.1, -0.05) is 194 Å². The minimum Gasteiger partial charge on any atom is -0.309 e. The van der Waals surface area contributed by atoms with E-state index in [9.17, 15) is 0 Å². The Hall–Kier alpha value is -8.33. The predicted molar refractivity (Wildman–Crippen MR) is 266 cm³/mol. The van der Waals surface area contributed by atoms with Crippen LogP contribution in [0.4, 0.5) is 0 Å². The van der Waals surface area contributed by atoms with E-state index in [2.05, 4.69) is 247 Å². The van der Waals surface area contributed by atoms with Gasteiger partial charge in [-0.25, -0.2) is 4.98 Å². The van der Waals surface area contributed by atoms with E-state index >= 15 is 0 Å². The van der Waals surface area contributed by atoms with Gasteiger partial charge in [0.2, 0.25) is 0 Å². The molecule has 0 bridgehead atoms. The average molecular weight is 801 g/mol. The van der Waals surface area contributed by atoms with Gasteiger partial charge < -0.3 is 4.57 Å². The molecular weight excluding hydrogens is 761 g/mol. The van der Waals surface area contributed by atoms with Gasteiger partial charge in [0.05, 0.1) is 22.2 Å². The fourth-order valence-electron chi connectivity index (χ4n) is 9.67. The molecule has 10 aromatic carbocycles. The van der Waals surface area contributed by atoms with E-state index in [4.69, 9.17) is 4.98 Å². The maximum Gasteiger partial charge on any atom is 0.0788 e. The minimum atomic E-state index is 0.976. The number of para-hydroxylation sites is 2. The normalized spacial score (nSPS) is 11.5. The number of pyridine rings is 1. The maximum absolute atomic E-state index is 5.41. The zero-order chi connectivity index (χ0) is 41.7. The van der Waals surface area contributed by atoms with E-state index in [0.29, 0.717) is 0 Å².